The van der Waals surface area contributed by atoms with Gasteiger partial charge in [-0.3, -0.25) is 4.79 Å². The van der Waals surface area contributed by atoms with Crippen LogP contribution in [-0.4, -0.2) is 36.3 Å². The molecule has 0 aliphatic carbocycles. The standard InChI is InChI=1S/C15H21ClN2O5/c1-15(2,3)23-14(21)17-7-5-6-11-9(13(20)22-4)8-10(16)12(19)18-11/h8H,5-7H2,1-4H3,(H,17,21)(H,18,19). The number of rotatable bonds is 5. The zero-order chi connectivity index (χ0) is 17.6. The van der Waals surface area contributed by atoms with Crippen molar-refractivity contribution in [2.45, 2.75) is 39.2 Å². The lowest BCUT2D eigenvalue weighted by molar-refractivity contribution is 0.0525. The fraction of sp³-hybridized carbons (Fsp3) is 0.533. The Hall–Kier alpha value is -2.02. The number of carbonyl (C=O) groups excluding carboxylic acids is 2. The van der Waals surface area contributed by atoms with Crippen molar-refractivity contribution in [3.8, 4) is 0 Å². The smallest absolute Gasteiger partial charge is 0.407 e. The summed E-state index contributed by atoms with van der Waals surface area (Å²) in [6.07, 6.45) is 0.350. The van der Waals surface area contributed by atoms with Crippen molar-refractivity contribution in [1.29, 1.82) is 0 Å². The van der Waals surface area contributed by atoms with Gasteiger partial charge in [-0.15, -0.1) is 0 Å². The normalized spacial score (nSPS) is 11.0. The minimum atomic E-state index is -0.585. The molecule has 0 bridgehead atoms. The van der Waals surface area contributed by atoms with Crippen LogP contribution < -0.4 is 10.9 Å². The van der Waals surface area contributed by atoms with Gasteiger partial charge in [-0.05, 0) is 39.7 Å². The van der Waals surface area contributed by atoms with Crippen molar-refractivity contribution in [3.63, 3.8) is 0 Å². The van der Waals surface area contributed by atoms with Crippen molar-refractivity contribution < 1.29 is 19.1 Å². The number of methoxy groups -OCH3 is 1. The second-order valence-corrected chi connectivity index (χ2v) is 6.27. The first-order chi connectivity index (χ1) is 10.6. The van der Waals surface area contributed by atoms with Crippen molar-refractivity contribution in [2.24, 2.45) is 0 Å². The summed E-state index contributed by atoms with van der Waals surface area (Å²) in [5.41, 5.74) is -0.426. The summed E-state index contributed by atoms with van der Waals surface area (Å²) in [6, 6.07) is 1.28. The molecular formula is C15H21ClN2O5. The van der Waals surface area contributed by atoms with Gasteiger partial charge < -0.3 is 19.8 Å². The maximum Gasteiger partial charge on any atom is 0.407 e. The van der Waals surface area contributed by atoms with Gasteiger partial charge in [0.05, 0.1) is 12.7 Å². The molecule has 23 heavy (non-hydrogen) atoms. The Balaban J connectivity index is 2.64. The van der Waals surface area contributed by atoms with Crippen LogP contribution in [0, 0.1) is 0 Å². The highest BCUT2D eigenvalue weighted by Crippen LogP contribution is 2.13. The third-order valence-electron chi connectivity index (χ3n) is 2.75. The van der Waals surface area contributed by atoms with E-state index in [0.29, 0.717) is 25.1 Å². The average Bonchev–Trinajstić information content (AvgIpc) is 2.44. The second-order valence-electron chi connectivity index (χ2n) is 5.86. The average molecular weight is 345 g/mol. The monoisotopic (exact) mass is 344 g/mol. The molecule has 2 N–H and O–H groups in total. The highest BCUT2D eigenvalue weighted by atomic mass is 35.5. The number of aromatic nitrogens is 1. The number of nitrogens with one attached hydrogen (secondary N) is 2. The third kappa shape index (κ3) is 6.32. The molecule has 1 aromatic rings. The molecule has 0 aliphatic rings. The minimum Gasteiger partial charge on any atom is -0.465 e. The fourth-order valence-corrected chi connectivity index (χ4v) is 1.96. The number of hydrogen-bond donors (Lipinski definition) is 2. The molecule has 0 saturated carbocycles. The molecule has 0 saturated heterocycles. The number of aromatic amines is 1. The second kappa shape index (κ2) is 8.01. The molecule has 0 fully saturated rings. The minimum absolute atomic E-state index is 0.0824. The van der Waals surface area contributed by atoms with Gasteiger partial charge in [0.2, 0.25) is 0 Å². The quantitative estimate of drug-likeness (QED) is 0.630. The van der Waals surface area contributed by atoms with Crippen molar-refractivity contribution >= 4 is 23.7 Å². The molecule has 1 amide bonds. The van der Waals surface area contributed by atoms with Crippen molar-refractivity contribution in [3.05, 3.63) is 32.7 Å². The van der Waals surface area contributed by atoms with Crippen LogP contribution in [-0.2, 0) is 15.9 Å². The van der Waals surface area contributed by atoms with Gasteiger partial charge in [0.25, 0.3) is 5.56 Å². The summed E-state index contributed by atoms with van der Waals surface area (Å²) in [5, 5.41) is 2.52. The SMILES string of the molecule is COC(=O)c1cc(Cl)c(=O)[nH]c1CCCNC(=O)OC(C)(C)C. The van der Waals surface area contributed by atoms with E-state index < -0.39 is 23.2 Å². The number of hydrogen-bond acceptors (Lipinski definition) is 5. The van der Waals surface area contributed by atoms with Gasteiger partial charge in [0.1, 0.15) is 10.6 Å². The van der Waals surface area contributed by atoms with Crippen LogP contribution in [0.15, 0.2) is 10.9 Å². The molecule has 1 heterocycles. The van der Waals surface area contributed by atoms with Crippen LogP contribution in [0.3, 0.4) is 0 Å². The third-order valence-corrected chi connectivity index (χ3v) is 3.04. The topological polar surface area (TPSA) is 97.5 Å². The van der Waals surface area contributed by atoms with Gasteiger partial charge in [0, 0.05) is 12.2 Å². The Morgan fingerprint density at radius 3 is 2.57 bits per heavy atom. The number of halogens is 1. The summed E-state index contributed by atoms with van der Waals surface area (Å²) in [4.78, 5) is 37.3. The predicted octanol–water partition coefficient (Wildman–Crippen LogP) is 2.27. The van der Waals surface area contributed by atoms with E-state index in [4.69, 9.17) is 16.3 Å². The molecule has 0 radical (unpaired) electrons. The Morgan fingerprint density at radius 2 is 2.00 bits per heavy atom. The van der Waals surface area contributed by atoms with Crippen LogP contribution in [0.5, 0.6) is 0 Å². The number of carbonyl (C=O) groups is 2. The van der Waals surface area contributed by atoms with E-state index in [-0.39, 0.29) is 10.6 Å². The highest BCUT2D eigenvalue weighted by Gasteiger charge is 2.17. The van der Waals surface area contributed by atoms with Crippen LogP contribution in [0.4, 0.5) is 4.79 Å². The first-order valence-corrected chi connectivity index (χ1v) is 7.48. The largest absolute Gasteiger partial charge is 0.465 e. The fourth-order valence-electron chi connectivity index (χ4n) is 1.80. The van der Waals surface area contributed by atoms with Crippen LogP contribution in [0.2, 0.25) is 5.02 Å². The Labute approximate surface area is 139 Å². The maximum absolute atomic E-state index is 11.7. The van der Waals surface area contributed by atoms with Gasteiger partial charge in [0.15, 0.2) is 0 Å². The molecule has 0 aromatic carbocycles. The summed E-state index contributed by atoms with van der Waals surface area (Å²) in [7, 11) is 1.25. The van der Waals surface area contributed by atoms with E-state index in [0.717, 1.165) is 0 Å². The molecule has 128 valence electrons. The first-order valence-electron chi connectivity index (χ1n) is 7.11. The molecule has 0 unspecified atom stereocenters. The van der Waals surface area contributed by atoms with E-state index in [2.05, 4.69) is 15.0 Å². The van der Waals surface area contributed by atoms with Crippen LogP contribution >= 0.6 is 11.6 Å². The van der Waals surface area contributed by atoms with E-state index in [1.807, 2.05) is 0 Å². The lowest BCUT2D eigenvalue weighted by Gasteiger charge is -2.19. The first kappa shape index (κ1) is 19.0. The molecule has 0 spiro atoms. The number of alkyl carbamates (subject to hydrolysis) is 1. The van der Waals surface area contributed by atoms with E-state index in [1.54, 1.807) is 20.8 Å². The maximum atomic E-state index is 11.7. The summed E-state index contributed by atoms with van der Waals surface area (Å²) in [5.74, 6) is -0.585. The van der Waals surface area contributed by atoms with E-state index in [9.17, 15) is 14.4 Å². The molecule has 0 aliphatic heterocycles. The Morgan fingerprint density at radius 1 is 1.35 bits per heavy atom. The summed E-state index contributed by atoms with van der Waals surface area (Å²) < 4.78 is 9.77. The van der Waals surface area contributed by atoms with Crippen LogP contribution in [0.25, 0.3) is 0 Å². The number of esters is 1. The Bertz CT molecular complexity index is 634. The lowest BCUT2D eigenvalue weighted by atomic mass is 10.1. The number of pyridine rings is 1. The van der Waals surface area contributed by atoms with Gasteiger partial charge in [-0.1, -0.05) is 11.6 Å². The zero-order valence-electron chi connectivity index (χ0n) is 13.6. The predicted molar refractivity (Wildman–Crippen MR) is 86.0 cm³/mol. The molecule has 0 atom stereocenters. The number of ether oxygens (including phenoxy) is 2. The molecule has 1 aromatic heterocycles. The van der Waals surface area contributed by atoms with Crippen LogP contribution in [0.1, 0.15) is 43.2 Å². The van der Waals surface area contributed by atoms with Gasteiger partial charge >= 0.3 is 12.1 Å². The number of aryl methyl sites for hydroxylation is 1. The lowest BCUT2D eigenvalue weighted by Crippen LogP contribution is -2.33. The van der Waals surface area contributed by atoms with E-state index >= 15 is 0 Å². The molecule has 8 heteroatoms. The zero-order valence-corrected chi connectivity index (χ0v) is 14.4. The van der Waals surface area contributed by atoms with Crippen molar-refractivity contribution in [1.82, 2.24) is 10.3 Å². The molecule has 1 rings (SSSR count). The van der Waals surface area contributed by atoms with Gasteiger partial charge in [-0.2, -0.15) is 0 Å². The van der Waals surface area contributed by atoms with Gasteiger partial charge in [-0.25, -0.2) is 9.59 Å². The molecule has 7 nitrogen and oxygen atoms in total. The van der Waals surface area contributed by atoms with Crippen molar-refractivity contribution in [2.75, 3.05) is 13.7 Å². The van der Waals surface area contributed by atoms with E-state index in [1.165, 1.54) is 13.2 Å². The summed E-state index contributed by atoms with van der Waals surface area (Å²) in [6.45, 7) is 5.65. The highest BCUT2D eigenvalue weighted by molar-refractivity contribution is 6.30. The summed E-state index contributed by atoms with van der Waals surface area (Å²) >= 11 is 5.73. The number of H-pyrrole nitrogens is 1. The molecular weight excluding hydrogens is 324 g/mol. The number of amides is 1. The Kier molecular flexibility index (Phi) is 6.62.